The van der Waals surface area contributed by atoms with Crippen molar-refractivity contribution < 1.29 is 49.7 Å². The van der Waals surface area contributed by atoms with Crippen molar-refractivity contribution in [2.75, 3.05) is 0 Å². The fourth-order valence-corrected chi connectivity index (χ4v) is 1.26. The van der Waals surface area contributed by atoms with Crippen LogP contribution in [0.1, 0.15) is 5.56 Å². The van der Waals surface area contributed by atoms with Gasteiger partial charge in [0.05, 0.1) is 11.6 Å². The molecule has 2 N–H and O–H groups in total. The SMILES string of the molecule is N#Cc1ccc2ccccc2c1.[Na+].[O-]B(O)OO. The molecule has 0 aliphatic rings. The Morgan fingerprint density at radius 1 is 1.17 bits per heavy atom. The summed E-state index contributed by atoms with van der Waals surface area (Å²) in [6.45, 7) is 0. The van der Waals surface area contributed by atoms with Gasteiger partial charge in [0.1, 0.15) is 0 Å². The van der Waals surface area contributed by atoms with E-state index in [9.17, 15) is 0 Å². The minimum Gasteiger partial charge on any atom is -0.830 e. The van der Waals surface area contributed by atoms with Crippen LogP contribution in [0.3, 0.4) is 0 Å². The van der Waals surface area contributed by atoms with Crippen LogP contribution in [-0.4, -0.2) is 17.6 Å². The molecular formula is C11H9BNNaO4. The number of hydrogen-bond donors (Lipinski definition) is 2. The van der Waals surface area contributed by atoms with E-state index in [2.05, 4.69) is 10.9 Å². The second-order valence-electron chi connectivity index (χ2n) is 3.09. The van der Waals surface area contributed by atoms with Crippen LogP contribution in [0.4, 0.5) is 0 Å². The van der Waals surface area contributed by atoms with Crippen LogP contribution in [0.15, 0.2) is 42.5 Å². The molecule has 0 amide bonds. The molecule has 0 radical (unpaired) electrons. The molecule has 5 nitrogen and oxygen atoms in total. The monoisotopic (exact) mass is 253 g/mol. The fourth-order valence-electron chi connectivity index (χ4n) is 1.26. The summed E-state index contributed by atoms with van der Waals surface area (Å²) in [6, 6.07) is 15.8. The van der Waals surface area contributed by atoms with Crippen LogP contribution in [-0.2, 0) is 4.81 Å². The fraction of sp³-hybridized carbons (Fsp3) is 0. The largest absolute Gasteiger partial charge is 1.00 e. The third-order valence-corrected chi connectivity index (χ3v) is 1.97. The molecule has 0 spiro atoms. The summed E-state index contributed by atoms with van der Waals surface area (Å²) < 4.78 is 0. The van der Waals surface area contributed by atoms with E-state index in [4.69, 9.17) is 20.6 Å². The number of benzene rings is 2. The van der Waals surface area contributed by atoms with Gasteiger partial charge in [-0.1, -0.05) is 30.3 Å². The van der Waals surface area contributed by atoms with E-state index < -0.39 is 7.32 Å². The van der Waals surface area contributed by atoms with Gasteiger partial charge in [-0.05, 0) is 22.9 Å². The summed E-state index contributed by atoms with van der Waals surface area (Å²) in [5, 5.41) is 34.3. The molecule has 0 saturated heterocycles. The topological polar surface area (TPSA) is 96.5 Å². The molecule has 2 aromatic rings. The first-order chi connectivity index (χ1) is 8.17. The van der Waals surface area contributed by atoms with Crippen molar-refractivity contribution in [3.05, 3.63) is 48.0 Å². The van der Waals surface area contributed by atoms with Crippen molar-refractivity contribution in [1.29, 1.82) is 5.26 Å². The third-order valence-electron chi connectivity index (χ3n) is 1.97. The average molecular weight is 253 g/mol. The molecule has 0 bridgehead atoms. The van der Waals surface area contributed by atoms with Crippen LogP contribution >= 0.6 is 0 Å². The minimum absolute atomic E-state index is 0. The first-order valence-electron chi connectivity index (χ1n) is 4.70. The molecule has 86 valence electrons. The second kappa shape index (κ2) is 9.08. The van der Waals surface area contributed by atoms with E-state index in [1.54, 1.807) is 0 Å². The number of rotatable bonds is 1. The van der Waals surface area contributed by atoms with Gasteiger partial charge in [0, 0.05) is 0 Å². The van der Waals surface area contributed by atoms with E-state index in [0.717, 1.165) is 5.39 Å². The van der Waals surface area contributed by atoms with E-state index in [1.807, 2.05) is 42.5 Å². The zero-order valence-corrected chi connectivity index (χ0v) is 11.8. The van der Waals surface area contributed by atoms with Crippen molar-refractivity contribution >= 4 is 18.1 Å². The normalized spacial score (nSPS) is 8.56. The number of nitrogens with zero attached hydrogens (tertiary/aromatic N) is 1. The molecule has 0 atom stereocenters. The molecule has 18 heavy (non-hydrogen) atoms. The van der Waals surface area contributed by atoms with Crippen LogP contribution < -0.4 is 34.6 Å². The number of nitriles is 1. The Balaban J connectivity index is 0.000000421. The number of fused-ring (bicyclic) bond motifs is 1. The Morgan fingerprint density at radius 3 is 2.22 bits per heavy atom. The Labute approximate surface area is 127 Å². The van der Waals surface area contributed by atoms with E-state index in [0.29, 0.717) is 5.56 Å². The van der Waals surface area contributed by atoms with Gasteiger partial charge in [-0.15, -0.1) is 0 Å². The zero-order chi connectivity index (χ0) is 12.7. The second-order valence-corrected chi connectivity index (χ2v) is 3.09. The molecule has 0 aliphatic heterocycles. The smallest absolute Gasteiger partial charge is 0.830 e. The summed E-state index contributed by atoms with van der Waals surface area (Å²) in [6.07, 6.45) is 0. The van der Waals surface area contributed by atoms with Gasteiger partial charge in [-0.25, -0.2) is 0 Å². The minimum atomic E-state index is -2.31. The van der Waals surface area contributed by atoms with Gasteiger partial charge in [-0.2, -0.15) is 5.26 Å². The maximum absolute atomic E-state index is 8.98. The van der Waals surface area contributed by atoms with Crippen molar-refractivity contribution in [3.63, 3.8) is 0 Å². The van der Waals surface area contributed by atoms with Crippen molar-refractivity contribution in [2.45, 2.75) is 0 Å². The van der Waals surface area contributed by atoms with Crippen molar-refractivity contribution in [3.8, 4) is 6.07 Å². The van der Waals surface area contributed by atoms with Crippen molar-refractivity contribution in [1.82, 2.24) is 0 Å². The van der Waals surface area contributed by atoms with Gasteiger partial charge in [-0.3, -0.25) is 10.1 Å². The summed E-state index contributed by atoms with van der Waals surface area (Å²) in [5.74, 6) is 0. The van der Waals surface area contributed by atoms with E-state index in [-0.39, 0.29) is 29.6 Å². The maximum atomic E-state index is 8.98. The Kier molecular flexibility index (Phi) is 8.63. The first kappa shape index (κ1) is 17.1. The van der Waals surface area contributed by atoms with E-state index >= 15 is 0 Å². The molecular weight excluding hydrogens is 244 g/mol. The van der Waals surface area contributed by atoms with Crippen LogP contribution in [0, 0.1) is 11.3 Å². The van der Waals surface area contributed by atoms with Gasteiger partial charge >= 0.3 is 36.9 Å². The Bertz CT molecular complexity index is 530. The Morgan fingerprint density at radius 2 is 1.72 bits per heavy atom. The van der Waals surface area contributed by atoms with Gasteiger partial charge in [0.15, 0.2) is 0 Å². The van der Waals surface area contributed by atoms with Gasteiger partial charge in [0.2, 0.25) is 0 Å². The molecule has 0 aromatic heterocycles. The Hall–Kier alpha value is -0.905. The average Bonchev–Trinajstić information content (AvgIpc) is 2.38. The summed E-state index contributed by atoms with van der Waals surface area (Å²) in [7, 11) is -2.31. The molecule has 0 heterocycles. The quantitative estimate of drug-likeness (QED) is 0.333. The molecule has 0 saturated carbocycles. The summed E-state index contributed by atoms with van der Waals surface area (Å²) >= 11 is 0. The van der Waals surface area contributed by atoms with Crippen molar-refractivity contribution in [2.24, 2.45) is 0 Å². The maximum Gasteiger partial charge on any atom is 1.00 e. The van der Waals surface area contributed by atoms with Crippen LogP contribution in [0.25, 0.3) is 10.8 Å². The predicted molar refractivity (Wildman–Crippen MR) is 60.3 cm³/mol. The first-order valence-corrected chi connectivity index (χ1v) is 4.70. The molecule has 0 aliphatic carbocycles. The van der Waals surface area contributed by atoms with E-state index in [1.165, 1.54) is 5.39 Å². The predicted octanol–water partition coefficient (Wildman–Crippen LogP) is -2.47. The molecule has 0 unspecified atom stereocenters. The van der Waals surface area contributed by atoms with Crippen LogP contribution in [0.2, 0.25) is 0 Å². The molecule has 0 fully saturated rings. The summed E-state index contributed by atoms with van der Waals surface area (Å²) in [5.41, 5.74) is 0.716. The zero-order valence-electron chi connectivity index (χ0n) is 9.78. The number of hydrogen-bond acceptors (Lipinski definition) is 5. The van der Waals surface area contributed by atoms with Gasteiger partial charge in [0.25, 0.3) is 0 Å². The van der Waals surface area contributed by atoms with Crippen LogP contribution in [0.5, 0.6) is 0 Å². The third kappa shape index (κ3) is 5.62. The molecule has 7 heteroatoms. The molecule has 2 rings (SSSR count). The molecule has 2 aromatic carbocycles. The standard InChI is InChI=1S/C11H7N.BH2O4.Na/c12-8-9-5-6-10-3-1-2-4-11(10)7-9;2-1(3)5-4;/h1-7H;2,4H;/q;-1;+1. The summed E-state index contributed by atoms with van der Waals surface area (Å²) in [4.78, 5) is 2.75. The van der Waals surface area contributed by atoms with Gasteiger partial charge < -0.3 is 10.0 Å².